The molecule has 1 heterocycles. The smallest absolute Gasteiger partial charge is 0.0195 e. The van der Waals surface area contributed by atoms with Crippen molar-refractivity contribution in [3.8, 4) is 0 Å². The minimum atomic E-state index is 0.760. The first kappa shape index (κ1) is 14.0. The molecule has 0 aromatic carbocycles. The first-order valence-corrected chi connectivity index (χ1v) is 7.29. The van der Waals surface area contributed by atoms with Gasteiger partial charge in [0.2, 0.25) is 0 Å². The molecule has 1 atom stereocenters. The summed E-state index contributed by atoms with van der Waals surface area (Å²) < 4.78 is 0. The summed E-state index contributed by atoms with van der Waals surface area (Å²) in [6, 6.07) is 1.58. The molecule has 0 bridgehead atoms. The van der Waals surface area contributed by atoms with Crippen LogP contribution >= 0.6 is 0 Å². The molecular formula is C14H30N2. The summed E-state index contributed by atoms with van der Waals surface area (Å²) in [4.78, 5) is 2.70. The van der Waals surface area contributed by atoms with Crippen LogP contribution in [-0.4, -0.2) is 36.6 Å². The van der Waals surface area contributed by atoms with Gasteiger partial charge in [-0.25, -0.2) is 0 Å². The van der Waals surface area contributed by atoms with Crippen LogP contribution in [0, 0.1) is 0 Å². The van der Waals surface area contributed by atoms with E-state index < -0.39 is 0 Å². The molecule has 0 amide bonds. The minimum Gasteiger partial charge on any atom is -0.313 e. The number of hydrogen-bond acceptors (Lipinski definition) is 2. The lowest BCUT2D eigenvalue weighted by Crippen LogP contribution is -2.43. The van der Waals surface area contributed by atoms with Gasteiger partial charge in [-0.2, -0.15) is 0 Å². The van der Waals surface area contributed by atoms with E-state index in [1.807, 2.05) is 0 Å². The van der Waals surface area contributed by atoms with Gasteiger partial charge in [0.15, 0.2) is 0 Å². The molecular weight excluding hydrogens is 196 g/mol. The average molecular weight is 226 g/mol. The van der Waals surface area contributed by atoms with Gasteiger partial charge in [-0.3, -0.25) is 4.90 Å². The van der Waals surface area contributed by atoms with Crippen LogP contribution in [-0.2, 0) is 0 Å². The number of nitrogens with zero attached hydrogens (tertiary/aromatic N) is 1. The van der Waals surface area contributed by atoms with E-state index in [1.165, 1.54) is 58.2 Å². The number of rotatable bonds is 8. The molecule has 16 heavy (non-hydrogen) atoms. The van der Waals surface area contributed by atoms with E-state index in [1.54, 1.807) is 0 Å². The van der Waals surface area contributed by atoms with Crippen molar-refractivity contribution in [3.05, 3.63) is 0 Å². The Labute approximate surface area is 102 Å². The molecule has 0 saturated carbocycles. The third kappa shape index (κ3) is 4.42. The Morgan fingerprint density at radius 1 is 1.19 bits per heavy atom. The fourth-order valence-electron chi connectivity index (χ4n) is 2.91. The molecule has 1 aliphatic heterocycles. The van der Waals surface area contributed by atoms with Crippen molar-refractivity contribution in [1.82, 2.24) is 10.2 Å². The van der Waals surface area contributed by atoms with E-state index in [-0.39, 0.29) is 0 Å². The van der Waals surface area contributed by atoms with Crippen LogP contribution in [0.3, 0.4) is 0 Å². The Morgan fingerprint density at radius 3 is 2.31 bits per heavy atom. The van der Waals surface area contributed by atoms with Crippen LogP contribution in [0.2, 0.25) is 0 Å². The second-order valence-corrected chi connectivity index (χ2v) is 5.11. The molecule has 0 spiro atoms. The van der Waals surface area contributed by atoms with Crippen LogP contribution in [0.5, 0.6) is 0 Å². The zero-order valence-electron chi connectivity index (χ0n) is 11.5. The lowest BCUT2D eigenvalue weighted by atomic mass is 10.0. The molecule has 0 aromatic heterocycles. The standard InChI is InChI=1S/C14H30N2/c1-4-8-14(9-5-2)16(6-3)12-13-10-7-11-15-13/h13-15H,4-12H2,1-3H3. The molecule has 0 radical (unpaired) electrons. The number of nitrogens with one attached hydrogen (secondary N) is 1. The van der Waals surface area contributed by atoms with E-state index in [0.717, 1.165) is 12.1 Å². The Hall–Kier alpha value is -0.0800. The lowest BCUT2D eigenvalue weighted by Gasteiger charge is -2.32. The minimum absolute atomic E-state index is 0.760. The highest BCUT2D eigenvalue weighted by atomic mass is 15.2. The highest BCUT2D eigenvalue weighted by Gasteiger charge is 2.21. The van der Waals surface area contributed by atoms with Crippen LogP contribution in [0.4, 0.5) is 0 Å². The maximum absolute atomic E-state index is 3.62. The Balaban J connectivity index is 2.40. The van der Waals surface area contributed by atoms with E-state index in [2.05, 4.69) is 31.0 Å². The zero-order valence-corrected chi connectivity index (χ0v) is 11.5. The first-order chi connectivity index (χ1) is 7.81. The second kappa shape index (κ2) is 8.08. The topological polar surface area (TPSA) is 15.3 Å². The largest absolute Gasteiger partial charge is 0.313 e. The maximum Gasteiger partial charge on any atom is 0.0195 e. The molecule has 0 aromatic rings. The van der Waals surface area contributed by atoms with Gasteiger partial charge >= 0.3 is 0 Å². The zero-order chi connectivity index (χ0) is 11.8. The molecule has 1 saturated heterocycles. The molecule has 1 aliphatic rings. The van der Waals surface area contributed by atoms with Crippen molar-refractivity contribution in [2.75, 3.05) is 19.6 Å². The van der Waals surface area contributed by atoms with Gasteiger partial charge in [-0.1, -0.05) is 33.6 Å². The third-order valence-corrected chi connectivity index (χ3v) is 3.78. The highest BCUT2D eigenvalue weighted by molar-refractivity contribution is 4.80. The van der Waals surface area contributed by atoms with Gasteiger partial charge in [-0.05, 0) is 38.8 Å². The van der Waals surface area contributed by atoms with Crippen LogP contribution < -0.4 is 5.32 Å². The van der Waals surface area contributed by atoms with Gasteiger partial charge < -0.3 is 5.32 Å². The predicted molar refractivity (Wildman–Crippen MR) is 71.9 cm³/mol. The SMILES string of the molecule is CCCC(CCC)N(CC)CC1CCCN1. The summed E-state index contributed by atoms with van der Waals surface area (Å²) in [6.07, 6.45) is 8.12. The van der Waals surface area contributed by atoms with Crippen molar-refractivity contribution in [3.63, 3.8) is 0 Å². The van der Waals surface area contributed by atoms with Gasteiger partial charge in [0.05, 0.1) is 0 Å². The average Bonchev–Trinajstić information content (AvgIpc) is 2.78. The molecule has 1 unspecified atom stereocenters. The Bertz CT molecular complexity index is 158. The van der Waals surface area contributed by atoms with Crippen LogP contribution in [0.15, 0.2) is 0 Å². The van der Waals surface area contributed by atoms with Crippen molar-refractivity contribution >= 4 is 0 Å². The van der Waals surface area contributed by atoms with Crippen molar-refractivity contribution in [1.29, 1.82) is 0 Å². The Morgan fingerprint density at radius 2 is 1.88 bits per heavy atom. The first-order valence-electron chi connectivity index (χ1n) is 7.29. The van der Waals surface area contributed by atoms with Gasteiger partial charge in [0, 0.05) is 18.6 Å². The predicted octanol–water partition coefficient (Wildman–Crippen LogP) is 3.03. The van der Waals surface area contributed by atoms with Gasteiger partial charge in [0.25, 0.3) is 0 Å². The van der Waals surface area contributed by atoms with E-state index >= 15 is 0 Å². The fraction of sp³-hybridized carbons (Fsp3) is 1.00. The summed E-state index contributed by atoms with van der Waals surface area (Å²) in [5.41, 5.74) is 0. The summed E-state index contributed by atoms with van der Waals surface area (Å²) >= 11 is 0. The van der Waals surface area contributed by atoms with Crippen molar-refractivity contribution < 1.29 is 0 Å². The molecule has 1 rings (SSSR count). The fourth-order valence-corrected chi connectivity index (χ4v) is 2.91. The second-order valence-electron chi connectivity index (χ2n) is 5.11. The van der Waals surface area contributed by atoms with E-state index in [0.29, 0.717) is 0 Å². The van der Waals surface area contributed by atoms with Gasteiger partial charge in [-0.15, -0.1) is 0 Å². The van der Waals surface area contributed by atoms with E-state index in [4.69, 9.17) is 0 Å². The molecule has 1 N–H and O–H groups in total. The summed E-state index contributed by atoms with van der Waals surface area (Å²) in [7, 11) is 0. The highest BCUT2D eigenvalue weighted by Crippen LogP contribution is 2.16. The molecule has 0 aliphatic carbocycles. The number of likely N-dealkylation sites (N-methyl/N-ethyl adjacent to an activating group) is 1. The quantitative estimate of drug-likeness (QED) is 0.684. The van der Waals surface area contributed by atoms with Crippen LogP contribution in [0.25, 0.3) is 0 Å². The monoisotopic (exact) mass is 226 g/mol. The molecule has 2 nitrogen and oxygen atoms in total. The molecule has 96 valence electrons. The summed E-state index contributed by atoms with van der Waals surface area (Å²) in [5, 5.41) is 3.62. The maximum atomic E-state index is 3.62. The lowest BCUT2D eigenvalue weighted by molar-refractivity contribution is 0.169. The third-order valence-electron chi connectivity index (χ3n) is 3.78. The Kier molecular flexibility index (Phi) is 7.06. The normalized spacial score (nSPS) is 21.2. The molecule has 2 heteroatoms. The molecule has 1 fully saturated rings. The van der Waals surface area contributed by atoms with Crippen LogP contribution in [0.1, 0.15) is 59.3 Å². The number of hydrogen-bond donors (Lipinski definition) is 1. The van der Waals surface area contributed by atoms with E-state index in [9.17, 15) is 0 Å². The summed E-state index contributed by atoms with van der Waals surface area (Å²) in [6.45, 7) is 10.6. The van der Waals surface area contributed by atoms with Crippen molar-refractivity contribution in [2.45, 2.75) is 71.4 Å². The van der Waals surface area contributed by atoms with Crippen molar-refractivity contribution in [2.24, 2.45) is 0 Å². The van der Waals surface area contributed by atoms with Gasteiger partial charge in [0.1, 0.15) is 0 Å². The summed E-state index contributed by atoms with van der Waals surface area (Å²) in [5.74, 6) is 0.